The van der Waals surface area contributed by atoms with Gasteiger partial charge in [0.15, 0.2) is 17.3 Å². The molecule has 1 amide bonds. The van der Waals surface area contributed by atoms with Gasteiger partial charge in [-0.3, -0.25) is 15.0 Å². The number of carbonyl (C=O) groups excluding carboxylic acids is 2. The molecule has 4 N–H and O–H groups in total. The van der Waals surface area contributed by atoms with Gasteiger partial charge in [0.1, 0.15) is 18.2 Å². The number of nitrogens with two attached hydrogens (primary N) is 1. The molecule has 0 aliphatic carbocycles. The van der Waals surface area contributed by atoms with Crippen molar-refractivity contribution < 1.29 is 23.8 Å². The fourth-order valence-electron chi connectivity index (χ4n) is 3.11. The summed E-state index contributed by atoms with van der Waals surface area (Å²) < 4.78 is 16.0. The molecule has 3 aromatic carbocycles. The molecule has 0 unspecified atom stereocenters. The zero-order valence-corrected chi connectivity index (χ0v) is 18.4. The Labute approximate surface area is 191 Å². The van der Waals surface area contributed by atoms with Gasteiger partial charge >= 0.3 is 0 Å². The molecule has 170 valence electrons. The first-order valence-electron chi connectivity index (χ1n) is 10.1. The van der Waals surface area contributed by atoms with Crippen molar-refractivity contribution in [1.29, 1.82) is 5.41 Å². The molecule has 0 radical (unpaired) electrons. The highest BCUT2D eigenvalue weighted by atomic mass is 16.5. The number of methoxy groups -OCH3 is 2. The van der Waals surface area contributed by atoms with E-state index in [4.69, 9.17) is 25.4 Å². The lowest BCUT2D eigenvalue weighted by atomic mass is 10.0. The Balaban J connectivity index is 1.55. The van der Waals surface area contributed by atoms with Crippen LogP contribution >= 0.6 is 0 Å². The standard InChI is InChI=1S/C25H25N3O5/c1-31-21-11-10-18(15-22(21)32-2)23(29)16-6-8-17(9-7-16)25(30)28-12-13-33-20-5-3-4-19(14-20)24(26)27/h3-11,14-15H,12-13H2,1-2H3,(H3,26,27)(H,28,30). The van der Waals surface area contributed by atoms with Crippen molar-refractivity contribution in [3.63, 3.8) is 0 Å². The predicted molar refractivity (Wildman–Crippen MR) is 125 cm³/mol. The summed E-state index contributed by atoms with van der Waals surface area (Å²) in [6.07, 6.45) is 0. The van der Waals surface area contributed by atoms with Gasteiger partial charge in [0.05, 0.1) is 20.8 Å². The molecule has 3 aromatic rings. The van der Waals surface area contributed by atoms with Crippen LogP contribution in [0.15, 0.2) is 66.7 Å². The quantitative estimate of drug-likeness (QED) is 0.190. The van der Waals surface area contributed by atoms with Gasteiger partial charge in [-0.25, -0.2) is 0 Å². The van der Waals surface area contributed by atoms with Crippen molar-refractivity contribution >= 4 is 17.5 Å². The van der Waals surface area contributed by atoms with Crippen molar-refractivity contribution in [3.8, 4) is 17.2 Å². The molecule has 8 nitrogen and oxygen atoms in total. The van der Waals surface area contributed by atoms with E-state index in [-0.39, 0.29) is 30.7 Å². The SMILES string of the molecule is COc1ccc(C(=O)c2ccc(C(=O)NCCOc3cccc(C(=N)N)c3)cc2)cc1OC. The van der Waals surface area contributed by atoms with Gasteiger partial charge in [-0.05, 0) is 42.5 Å². The molecule has 0 atom stereocenters. The fourth-order valence-corrected chi connectivity index (χ4v) is 3.11. The summed E-state index contributed by atoms with van der Waals surface area (Å²) in [6, 6.07) is 18.2. The fraction of sp³-hybridized carbons (Fsp3) is 0.160. The number of amidine groups is 1. The van der Waals surface area contributed by atoms with Crippen LogP contribution < -0.4 is 25.3 Å². The second-order valence-corrected chi connectivity index (χ2v) is 7.02. The molecule has 0 fully saturated rings. The lowest BCUT2D eigenvalue weighted by molar-refractivity contribution is 0.0945. The highest BCUT2D eigenvalue weighted by Crippen LogP contribution is 2.28. The van der Waals surface area contributed by atoms with Crippen molar-refractivity contribution in [3.05, 3.63) is 89.0 Å². The molecular formula is C25H25N3O5. The monoisotopic (exact) mass is 447 g/mol. The van der Waals surface area contributed by atoms with Crippen LogP contribution in [0.3, 0.4) is 0 Å². The third kappa shape index (κ3) is 5.88. The first-order valence-corrected chi connectivity index (χ1v) is 10.1. The van der Waals surface area contributed by atoms with Crippen LogP contribution in [0, 0.1) is 5.41 Å². The molecule has 0 spiro atoms. The Morgan fingerprint density at radius 3 is 2.18 bits per heavy atom. The molecule has 3 rings (SSSR count). The normalized spacial score (nSPS) is 10.2. The minimum absolute atomic E-state index is 0.0400. The van der Waals surface area contributed by atoms with Crippen molar-refractivity contribution in [1.82, 2.24) is 5.32 Å². The highest BCUT2D eigenvalue weighted by molar-refractivity contribution is 6.09. The molecule has 0 saturated carbocycles. The molecule has 0 heterocycles. The third-order valence-corrected chi connectivity index (χ3v) is 4.86. The number of nitrogen functional groups attached to an aromatic ring is 1. The van der Waals surface area contributed by atoms with Crippen LogP contribution in [0.25, 0.3) is 0 Å². The molecule has 8 heteroatoms. The van der Waals surface area contributed by atoms with E-state index < -0.39 is 0 Å². The Hall–Kier alpha value is -4.33. The number of ketones is 1. The number of carbonyl (C=O) groups is 2. The van der Waals surface area contributed by atoms with E-state index in [9.17, 15) is 9.59 Å². The third-order valence-electron chi connectivity index (χ3n) is 4.86. The van der Waals surface area contributed by atoms with Crippen molar-refractivity contribution in [2.75, 3.05) is 27.4 Å². The molecule has 0 aromatic heterocycles. The van der Waals surface area contributed by atoms with Crippen LogP contribution in [-0.2, 0) is 0 Å². The minimum atomic E-state index is -0.277. The van der Waals surface area contributed by atoms with Gasteiger partial charge < -0.3 is 25.3 Å². The number of hydrogen-bond donors (Lipinski definition) is 3. The van der Waals surface area contributed by atoms with E-state index >= 15 is 0 Å². The number of ether oxygens (including phenoxy) is 3. The number of amides is 1. The zero-order valence-electron chi connectivity index (χ0n) is 18.4. The van der Waals surface area contributed by atoms with Crippen molar-refractivity contribution in [2.24, 2.45) is 5.73 Å². The number of nitrogens with one attached hydrogen (secondary N) is 2. The minimum Gasteiger partial charge on any atom is -0.493 e. The summed E-state index contributed by atoms with van der Waals surface area (Å²) in [7, 11) is 3.04. The molecule has 0 aliphatic heterocycles. The van der Waals surface area contributed by atoms with Gasteiger partial charge in [0.2, 0.25) is 0 Å². The largest absolute Gasteiger partial charge is 0.493 e. The second-order valence-electron chi connectivity index (χ2n) is 7.02. The van der Waals surface area contributed by atoms with E-state index in [1.807, 2.05) is 0 Å². The Bertz CT molecular complexity index is 1160. The first kappa shape index (κ1) is 23.3. The van der Waals surface area contributed by atoms with Crippen LogP contribution in [0.1, 0.15) is 31.8 Å². The first-order chi connectivity index (χ1) is 15.9. The Morgan fingerprint density at radius 2 is 1.52 bits per heavy atom. The van der Waals surface area contributed by atoms with Gasteiger partial charge in [0, 0.05) is 22.3 Å². The van der Waals surface area contributed by atoms with E-state index in [0.29, 0.717) is 39.5 Å². The maximum Gasteiger partial charge on any atom is 0.251 e. The highest BCUT2D eigenvalue weighted by Gasteiger charge is 2.14. The average molecular weight is 447 g/mol. The number of hydrogen-bond acceptors (Lipinski definition) is 6. The topological polar surface area (TPSA) is 124 Å². The van der Waals surface area contributed by atoms with E-state index in [1.165, 1.54) is 14.2 Å². The molecule has 33 heavy (non-hydrogen) atoms. The Kier molecular flexibility index (Phi) is 7.64. The summed E-state index contributed by atoms with van der Waals surface area (Å²) in [5.74, 6) is 1.06. The molecular weight excluding hydrogens is 422 g/mol. The van der Waals surface area contributed by atoms with E-state index in [0.717, 1.165) is 0 Å². The van der Waals surface area contributed by atoms with Gasteiger partial charge in [-0.2, -0.15) is 0 Å². The van der Waals surface area contributed by atoms with Gasteiger partial charge in [-0.15, -0.1) is 0 Å². The zero-order chi connectivity index (χ0) is 23.8. The second kappa shape index (κ2) is 10.8. The average Bonchev–Trinajstić information content (AvgIpc) is 2.85. The summed E-state index contributed by atoms with van der Waals surface area (Å²) >= 11 is 0. The van der Waals surface area contributed by atoms with Crippen LogP contribution in [0.5, 0.6) is 17.2 Å². The number of rotatable bonds is 10. The van der Waals surface area contributed by atoms with Gasteiger partial charge in [0.25, 0.3) is 5.91 Å². The maximum atomic E-state index is 12.8. The smallest absolute Gasteiger partial charge is 0.251 e. The summed E-state index contributed by atoms with van der Waals surface area (Å²) in [5, 5.41) is 10.2. The van der Waals surface area contributed by atoms with Crippen LogP contribution in [0.4, 0.5) is 0 Å². The lowest BCUT2D eigenvalue weighted by Crippen LogP contribution is -2.28. The number of benzene rings is 3. The van der Waals surface area contributed by atoms with Crippen LogP contribution in [-0.4, -0.2) is 44.9 Å². The predicted octanol–water partition coefficient (Wildman–Crippen LogP) is 3.03. The Morgan fingerprint density at radius 1 is 0.848 bits per heavy atom. The molecule has 0 saturated heterocycles. The van der Waals surface area contributed by atoms with Gasteiger partial charge in [-0.1, -0.05) is 24.3 Å². The van der Waals surface area contributed by atoms with E-state index in [1.54, 1.807) is 66.7 Å². The maximum absolute atomic E-state index is 12.8. The molecule has 0 bridgehead atoms. The lowest BCUT2D eigenvalue weighted by Gasteiger charge is -2.10. The van der Waals surface area contributed by atoms with Crippen molar-refractivity contribution in [2.45, 2.75) is 0 Å². The summed E-state index contributed by atoms with van der Waals surface area (Å²) in [4.78, 5) is 25.2. The van der Waals surface area contributed by atoms with E-state index in [2.05, 4.69) is 5.32 Å². The summed E-state index contributed by atoms with van der Waals surface area (Å²) in [6.45, 7) is 0.540. The summed E-state index contributed by atoms with van der Waals surface area (Å²) in [5.41, 5.74) is 7.37. The molecule has 0 aliphatic rings. The van der Waals surface area contributed by atoms with Crippen LogP contribution in [0.2, 0.25) is 0 Å².